The molecule has 1 aromatic heterocycles. The maximum Gasteiger partial charge on any atom is 0.234 e. The number of thiazole rings is 1. The van der Waals surface area contributed by atoms with Gasteiger partial charge in [-0.1, -0.05) is 30.3 Å². The first kappa shape index (κ1) is 16.5. The molecule has 0 spiro atoms. The minimum atomic E-state index is 0.142. The van der Waals surface area contributed by atoms with Crippen LogP contribution >= 0.6 is 11.3 Å². The zero-order valence-electron chi connectivity index (χ0n) is 14.3. The first-order valence-corrected chi connectivity index (χ1v) is 9.88. The summed E-state index contributed by atoms with van der Waals surface area (Å²) in [5, 5.41) is 6.37. The van der Waals surface area contributed by atoms with E-state index in [1.807, 2.05) is 17.6 Å². The van der Waals surface area contributed by atoms with Crippen LogP contribution in [0.3, 0.4) is 0 Å². The van der Waals surface area contributed by atoms with Gasteiger partial charge in [-0.15, -0.1) is 11.3 Å². The first-order valence-electron chi connectivity index (χ1n) is 9.01. The topological polar surface area (TPSA) is 48.5 Å². The average molecular weight is 356 g/mol. The molecule has 1 unspecified atom stereocenters. The normalized spacial score (nSPS) is 19.6. The van der Waals surface area contributed by atoms with Crippen LogP contribution in [0.1, 0.15) is 24.4 Å². The standard InChI is InChI=1S/C19H24N4OS/c24-17(21-18(16-6-7-16)15-4-2-1-3-5-15)14-22-9-11-23(12-10-22)19-20-8-13-25-19/h1-5,8,13,16,18H,6-7,9-12,14H2,(H,21,24). The van der Waals surface area contributed by atoms with Gasteiger partial charge < -0.3 is 10.2 Å². The lowest BCUT2D eigenvalue weighted by molar-refractivity contribution is -0.123. The van der Waals surface area contributed by atoms with Crippen LogP contribution in [0.15, 0.2) is 41.9 Å². The molecule has 132 valence electrons. The molecule has 2 heterocycles. The maximum atomic E-state index is 12.6. The fraction of sp³-hybridized carbons (Fsp3) is 0.474. The van der Waals surface area contributed by atoms with Gasteiger partial charge in [0.05, 0.1) is 12.6 Å². The number of benzene rings is 1. The number of hydrogen-bond donors (Lipinski definition) is 1. The predicted octanol–water partition coefficient (Wildman–Crippen LogP) is 2.53. The number of aromatic nitrogens is 1. The van der Waals surface area contributed by atoms with Crippen molar-refractivity contribution in [3.05, 3.63) is 47.5 Å². The second-order valence-corrected chi connectivity index (χ2v) is 7.74. The quantitative estimate of drug-likeness (QED) is 0.864. The Bertz CT molecular complexity index is 679. The molecule has 1 aliphatic heterocycles. The molecular weight excluding hydrogens is 332 g/mol. The number of piperazine rings is 1. The second-order valence-electron chi connectivity index (χ2n) is 6.87. The van der Waals surface area contributed by atoms with E-state index in [1.54, 1.807) is 11.3 Å². The fourth-order valence-corrected chi connectivity index (χ4v) is 4.15. The Morgan fingerprint density at radius 1 is 1.20 bits per heavy atom. The molecule has 1 atom stereocenters. The smallest absolute Gasteiger partial charge is 0.234 e. The van der Waals surface area contributed by atoms with Crippen LogP contribution in [0.5, 0.6) is 0 Å². The Balaban J connectivity index is 1.29. The van der Waals surface area contributed by atoms with Gasteiger partial charge in [-0.05, 0) is 24.3 Å². The lowest BCUT2D eigenvalue weighted by Crippen LogP contribution is -2.50. The highest BCUT2D eigenvalue weighted by molar-refractivity contribution is 7.13. The largest absolute Gasteiger partial charge is 0.348 e. The molecule has 1 aromatic carbocycles. The predicted molar refractivity (Wildman–Crippen MR) is 101 cm³/mol. The van der Waals surface area contributed by atoms with Gasteiger partial charge in [-0.25, -0.2) is 4.98 Å². The highest BCUT2D eigenvalue weighted by atomic mass is 32.1. The monoisotopic (exact) mass is 356 g/mol. The summed E-state index contributed by atoms with van der Waals surface area (Å²) in [4.78, 5) is 21.5. The van der Waals surface area contributed by atoms with E-state index in [0.717, 1.165) is 31.3 Å². The third-order valence-electron chi connectivity index (χ3n) is 5.00. The summed E-state index contributed by atoms with van der Waals surface area (Å²) in [5.74, 6) is 0.747. The van der Waals surface area contributed by atoms with E-state index in [4.69, 9.17) is 0 Å². The highest BCUT2D eigenvalue weighted by Gasteiger charge is 2.33. The van der Waals surface area contributed by atoms with Crippen LogP contribution in [-0.2, 0) is 4.79 Å². The summed E-state index contributed by atoms with van der Waals surface area (Å²) in [6.07, 6.45) is 4.28. The second kappa shape index (κ2) is 7.54. The Morgan fingerprint density at radius 2 is 1.96 bits per heavy atom. The summed E-state index contributed by atoms with van der Waals surface area (Å²) in [6, 6.07) is 10.5. The van der Waals surface area contributed by atoms with Crippen molar-refractivity contribution in [1.29, 1.82) is 0 Å². The van der Waals surface area contributed by atoms with Gasteiger partial charge in [0, 0.05) is 37.8 Å². The molecule has 2 aliphatic rings. The van der Waals surface area contributed by atoms with Crippen molar-refractivity contribution in [2.75, 3.05) is 37.6 Å². The Kier molecular flexibility index (Phi) is 4.99. The van der Waals surface area contributed by atoms with Gasteiger partial charge in [-0.3, -0.25) is 9.69 Å². The van der Waals surface area contributed by atoms with Crippen molar-refractivity contribution in [1.82, 2.24) is 15.2 Å². The van der Waals surface area contributed by atoms with Gasteiger partial charge in [0.15, 0.2) is 5.13 Å². The van der Waals surface area contributed by atoms with E-state index in [-0.39, 0.29) is 11.9 Å². The summed E-state index contributed by atoms with van der Waals surface area (Å²) in [6.45, 7) is 4.18. The SMILES string of the molecule is O=C(CN1CCN(c2nccs2)CC1)NC(c1ccccc1)C1CC1. The number of nitrogens with zero attached hydrogens (tertiary/aromatic N) is 3. The van der Waals surface area contributed by atoms with Crippen molar-refractivity contribution < 1.29 is 4.79 Å². The lowest BCUT2D eigenvalue weighted by Gasteiger charge is -2.34. The van der Waals surface area contributed by atoms with Gasteiger partial charge in [0.2, 0.25) is 5.91 Å². The number of rotatable bonds is 6. The summed E-state index contributed by atoms with van der Waals surface area (Å²) in [5.41, 5.74) is 1.23. The zero-order valence-corrected chi connectivity index (χ0v) is 15.1. The van der Waals surface area contributed by atoms with Crippen molar-refractivity contribution in [3.63, 3.8) is 0 Å². The Morgan fingerprint density at radius 3 is 2.60 bits per heavy atom. The lowest BCUT2D eigenvalue weighted by atomic mass is 10.0. The molecule has 1 N–H and O–H groups in total. The van der Waals surface area contributed by atoms with E-state index in [1.165, 1.54) is 18.4 Å². The molecule has 6 heteroatoms. The van der Waals surface area contributed by atoms with Gasteiger partial charge in [-0.2, -0.15) is 0 Å². The number of carbonyl (C=O) groups excluding carboxylic acids is 1. The number of amides is 1. The number of nitrogens with one attached hydrogen (secondary N) is 1. The molecule has 25 heavy (non-hydrogen) atoms. The van der Waals surface area contributed by atoms with Crippen molar-refractivity contribution in [3.8, 4) is 0 Å². The van der Waals surface area contributed by atoms with E-state index in [0.29, 0.717) is 12.5 Å². The van der Waals surface area contributed by atoms with Crippen molar-refractivity contribution in [2.45, 2.75) is 18.9 Å². The van der Waals surface area contributed by atoms with Gasteiger partial charge >= 0.3 is 0 Å². The van der Waals surface area contributed by atoms with E-state index in [2.05, 4.69) is 44.4 Å². The summed E-state index contributed by atoms with van der Waals surface area (Å²) in [7, 11) is 0. The van der Waals surface area contributed by atoms with E-state index >= 15 is 0 Å². The fourth-order valence-electron chi connectivity index (χ4n) is 3.45. The van der Waals surface area contributed by atoms with Crippen LogP contribution in [-0.4, -0.2) is 48.5 Å². The third kappa shape index (κ3) is 4.19. The molecule has 0 radical (unpaired) electrons. The molecule has 1 aliphatic carbocycles. The number of anilines is 1. The number of carbonyl (C=O) groups is 1. The molecule has 5 nitrogen and oxygen atoms in total. The molecule has 0 bridgehead atoms. The minimum Gasteiger partial charge on any atom is -0.348 e. The molecule has 1 saturated heterocycles. The highest BCUT2D eigenvalue weighted by Crippen LogP contribution is 2.40. The van der Waals surface area contributed by atoms with E-state index < -0.39 is 0 Å². The van der Waals surface area contributed by atoms with E-state index in [9.17, 15) is 4.79 Å². The molecule has 1 saturated carbocycles. The van der Waals surface area contributed by atoms with Crippen LogP contribution < -0.4 is 10.2 Å². The molecule has 4 rings (SSSR count). The molecule has 2 fully saturated rings. The summed E-state index contributed by atoms with van der Waals surface area (Å²) < 4.78 is 0. The average Bonchev–Trinajstić information content (AvgIpc) is 3.34. The van der Waals surface area contributed by atoms with Crippen molar-refractivity contribution >= 4 is 22.4 Å². The minimum absolute atomic E-state index is 0.142. The third-order valence-corrected chi connectivity index (χ3v) is 5.83. The number of hydrogen-bond acceptors (Lipinski definition) is 5. The Labute approximate surface area is 152 Å². The Hall–Kier alpha value is -1.92. The van der Waals surface area contributed by atoms with Crippen LogP contribution in [0.25, 0.3) is 0 Å². The molecular formula is C19H24N4OS. The van der Waals surface area contributed by atoms with Gasteiger partial charge in [0.1, 0.15) is 0 Å². The van der Waals surface area contributed by atoms with Gasteiger partial charge in [0.25, 0.3) is 0 Å². The van der Waals surface area contributed by atoms with Crippen LogP contribution in [0, 0.1) is 5.92 Å². The van der Waals surface area contributed by atoms with Crippen LogP contribution in [0.4, 0.5) is 5.13 Å². The first-order chi connectivity index (χ1) is 12.3. The molecule has 2 aromatic rings. The summed E-state index contributed by atoms with van der Waals surface area (Å²) >= 11 is 1.68. The molecule has 1 amide bonds. The van der Waals surface area contributed by atoms with Crippen LogP contribution in [0.2, 0.25) is 0 Å². The maximum absolute atomic E-state index is 12.6. The zero-order chi connectivity index (χ0) is 17.1. The van der Waals surface area contributed by atoms with Crippen molar-refractivity contribution in [2.24, 2.45) is 5.92 Å².